The van der Waals surface area contributed by atoms with Crippen LogP contribution in [0.5, 0.6) is 5.75 Å². The summed E-state index contributed by atoms with van der Waals surface area (Å²) in [7, 11) is 0. The second-order valence-corrected chi connectivity index (χ2v) is 8.27. The second kappa shape index (κ2) is 8.79. The topological polar surface area (TPSA) is 70.1 Å². The highest BCUT2D eigenvalue weighted by atomic mass is 32.2. The molecule has 2 aliphatic heterocycles. The van der Waals surface area contributed by atoms with Crippen LogP contribution in [-0.4, -0.2) is 27.8 Å². The molecule has 8 heteroatoms. The molecule has 1 amide bonds. The van der Waals surface area contributed by atoms with Gasteiger partial charge in [-0.2, -0.15) is 0 Å². The maximum Gasteiger partial charge on any atom is 0.335 e. The number of carboxylic acid groups (broad SMARTS) is 1. The van der Waals surface area contributed by atoms with Gasteiger partial charge in [-0.25, -0.2) is 4.79 Å². The molecule has 0 radical (unpaired) electrons. The van der Waals surface area contributed by atoms with Crippen LogP contribution in [0.15, 0.2) is 83.6 Å². The average Bonchev–Trinajstić information content (AvgIpc) is 3.27. The summed E-state index contributed by atoms with van der Waals surface area (Å²) in [5.41, 5.74) is 1.72. The minimum Gasteiger partial charge on any atom is -0.478 e. The van der Waals surface area contributed by atoms with E-state index in [1.807, 2.05) is 36.4 Å². The van der Waals surface area contributed by atoms with Crippen LogP contribution in [0.3, 0.4) is 0 Å². The zero-order valence-electron chi connectivity index (χ0n) is 16.5. The number of ether oxygens (including phenoxy) is 1. The summed E-state index contributed by atoms with van der Waals surface area (Å²) in [5.74, 6) is 0.278. The molecule has 2 heterocycles. The van der Waals surface area contributed by atoms with Gasteiger partial charge in [-0.1, -0.05) is 48.3 Å². The molecule has 0 unspecified atom stereocenters. The molecule has 156 valence electrons. The third-order valence-electron chi connectivity index (χ3n) is 4.72. The van der Waals surface area contributed by atoms with Gasteiger partial charge in [0.2, 0.25) is 5.88 Å². The van der Waals surface area contributed by atoms with Crippen LogP contribution in [0.2, 0.25) is 0 Å². The van der Waals surface area contributed by atoms with Crippen LogP contribution >= 0.6 is 24.0 Å². The molecule has 1 fully saturated rings. The lowest BCUT2D eigenvalue weighted by molar-refractivity contribution is -0.113. The predicted octanol–water partition coefficient (Wildman–Crippen LogP) is 4.95. The van der Waals surface area contributed by atoms with Crippen molar-refractivity contribution in [2.75, 3.05) is 16.3 Å². The summed E-state index contributed by atoms with van der Waals surface area (Å²) in [5, 5.41) is 9.03. The van der Waals surface area contributed by atoms with Crippen molar-refractivity contribution in [3.05, 3.63) is 89.2 Å². The van der Waals surface area contributed by atoms with E-state index in [1.54, 1.807) is 24.3 Å². The van der Waals surface area contributed by atoms with E-state index < -0.39 is 5.97 Å². The Kier molecular flexibility index (Phi) is 5.92. The van der Waals surface area contributed by atoms with E-state index in [4.69, 9.17) is 22.1 Å². The van der Waals surface area contributed by atoms with Gasteiger partial charge >= 0.3 is 5.97 Å². The normalized spacial score (nSPS) is 18.4. The molecule has 6 nitrogen and oxygen atoms in total. The standard InChI is InChI=1S/C23H18N2O4S2/c1-2-24-17-7-3-4-8-18(17)29-20(24)10-6-5-9-19-21(26)25(23(30)31-19)16-13-11-15(12-14-16)22(27)28/h3-14H,2H2,1H3,(H,27,28). The molecule has 0 saturated carbocycles. The Balaban J connectivity index is 1.48. The number of amides is 1. The van der Waals surface area contributed by atoms with Gasteiger partial charge in [-0.15, -0.1) is 0 Å². The highest BCUT2D eigenvalue weighted by Crippen LogP contribution is 2.38. The van der Waals surface area contributed by atoms with E-state index in [0.717, 1.165) is 23.9 Å². The first-order chi connectivity index (χ1) is 15.0. The van der Waals surface area contributed by atoms with E-state index in [9.17, 15) is 9.59 Å². The molecule has 2 aliphatic rings. The molecule has 0 atom stereocenters. The second-order valence-electron chi connectivity index (χ2n) is 6.60. The summed E-state index contributed by atoms with van der Waals surface area (Å²) in [4.78, 5) is 27.8. The van der Waals surface area contributed by atoms with Crippen LogP contribution in [0.4, 0.5) is 11.4 Å². The first-order valence-electron chi connectivity index (χ1n) is 9.52. The number of nitrogens with zero attached hydrogens (tertiary/aromatic N) is 2. The van der Waals surface area contributed by atoms with Gasteiger partial charge in [0.1, 0.15) is 0 Å². The lowest BCUT2D eigenvalue weighted by Gasteiger charge is -2.14. The number of thiocarbonyl (C=S) groups is 1. The molecule has 0 spiro atoms. The number of hydrogen-bond donors (Lipinski definition) is 1. The van der Waals surface area contributed by atoms with Gasteiger partial charge in [0.25, 0.3) is 5.91 Å². The molecule has 1 N–H and O–H groups in total. The Morgan fingerprint density at radius 1 is 1.13 bits per heavy atom. The highest BCUT2D eigenvalue weighted by molar-refractivity contribution is 8.27. The van der Waals surface area contributed by atoms with Gasteiger partial charge in [0.05, 0.1) is 21.8 Å². The van der Waals surface area contributed by atoms with Crippen LogP contribution in [0.1, 0.15) is 17.3 Å². The molecule has 2 aromatic rings. The van der Waals surface area contributed by atoms with Crippen LogP contribution in [0, 0.1) is 0 Å². The number of hydrogen-bond acceptors (Lipinski definition) is 6. The Morgan fingerprint density at radius 2 is 1.84 bits per heavy atom. The average molecular weight is 451 g/mol. The SMILES string of the molecule is CCN1C(=CC=CC=C2SC(=S)N(c3ccc(C(=O)O)cc3)C2=O)Oc2ccccc21. The number of carboxylic acids is 1. The number of anilines is 2. The van der Waals surface area contributed by atoms with Crippen LogP contribution in [0.25, 0.3) is 0 Å². The number of rotatable bonds is 5. The smallest absolute Gasteiger partial charge is 0.335 e. The van der Waals surface area contributed by atoms with Crippen molar-refractivity contribution in [3.63, 3.8) is 0 Å². The lowest BCUT2D eigenvalue weighted by Crippen LogP contribution is -2.27. The fraction of sp³-hybridized carbons (Fsp3) is 0.0870. The van der Waals surface area contributed by atoms with Crippen LogP contribution in [-0.2, 0) is 4.79 Å². The minimum atomic E-state index is -1.02. The molecule has 0 aromatic heterocycles. The fourth-order valence-corrected chi connectivity index (χ4v) is 4.49. The summed E-state index contributed by atoms with van der Waals surface area (Å²) < 4.78 is 6.29. The first kappa shape index (κ1) is 20.9. The van der Waals surface area contributed by atoms with Crippen molar-refractivity contribution < 1.29 is 19.4 Å². The maximum absolute atomic E-state index is 12.8. The third kappa shape index (κ3) is 4.12. The van der Waals surface area contributed by atoms with Crippen molar-refractivity contribution >= 4 is 51.6 Å². The van der Waals surface area contributed by atoms with Crippen molar-refractivity contribution in [2.24, 2.45) is 0 Å². The van der Waals surface area contributed by atoms with E-state index in [0.29, 0.717) is 14.9 Å². The molecule has 1 saturated heterocycles. The number of aromatic carboxylic acids is 1. The van der Waals surface area contributed by atoms with Gasteiger partial charge in [0.15, 0.2) is 10.1 Å². The fourth-order valence-electron chi connectivity index (χ4n) is 3.24. The Hall–Kier alpha value is -3.36. The molecular weight excluding hydrogens is 432 g/mol. The maximum atomic E-state index is 12.8. The van der Waals surface area contributed by atoms with Gasteiger partial charge in [0, 0.05) is 6.54 Å². The number of benzene rings is 2. The van der Waals surface area contributed by atoms with Crippen molar-refractivity contribution in [2.45, 2.75) is 6.92 Å². The van der Waals surface area contributed by atoms with Crippen molar-refractivity contribution in [1.82, 2.24) is 0 Å². The minimum absolute atomic E-state index is 0.151. The number of allylic oxidation sites excluding steroid dienone is 4. The third-order valence-corrected chi connectivity index (χ3v) is 6.04. The molecular formula is C23H18N2O4S2. The Labute approximate surface area is 189 Å². The van der Waals surface area contributed by atoms with Gasteiger partial charge in [-0.3, -0.25) is 9.69 Å². The number of para-hydroxylation sites is 2. The largest absolute Gasteiger partial charge is 0.478 e. The molecule has 4 rings (SSSR count). The zero-order valence-corrected chi connectivity index (χ0v) is 18.2. The van der Waals surface area contributed by atoms with E-state index in [1.165, 1.54) is 28.8 Å². The number of thioether (sulfide) groups is 1. The van der Waals surface area contributed by atoms with E-state index in [2.05, 4.69) is 11.8 Å². The first-order valence-corrected chi connectivity index (χ1v) is 10.7. The zero-order chi connectivity index (χ0) is 22.0. The summed E-state index contributed by atoms with van der Waals surface area (Å²) >= 11 is 6.55. The monoisotopic (exact) mass is 450 g/mol. The Bertz CT molecular complexity index is 1150. The lowest BCUT2D eigenvalue weighted by atomic mass is 10.2. The summed E-state index contributed by atoms with van der Waals surface area (Å²) in [6.07, 6.45) is 7.15. The number of carbonyl (C=O) groups excluding carboxylic acids is 1. The predicted molar refractivity (Wildman–Crippen MR) is 126 cm³/mol. The van der Waals surface area contributed by atoms with Crippen molar-refractivity contribution in [3.8, 4) is 5.75 Å². The molecule has 31 heavy (non-hydrogen) atoms. The highest BCUT2D eigenvalue weighted by Gasteiger charge is 2.33. The number of fused-ring (bicyclic) bond motifs is 1. The van der Waals surface area contributed by atoms with Crippen molar-refractivity contribution in [1.29, 1.82) is 0 Å². The quantitative estimate of drug-likeness (QED) is 0.511. The molecule has 0 aliphatic carbocycles. The van der Waals surface area contributed by atoms with E-state index >= 15 is 0 Å². The number of carbonyl (C=O) groups is 2. The van der Waals surface area contributed by atoms with Gasteiger partial charge < -0.3 is 14.7 Å². The Morgan fingerprint density at radius 3 is 2.55 bits per heavy atom. The summed E-state index contributed by atoms with van der Waals surface area (Å²) in [6.45, 7) is 2.83. The molecule has 0 bridgehead atoms. The van der Waals surface area contributed by atoms with Gasteiger partial charge in [-0.05, 0) is 55.5 Å². The molecule has 2 aromatic carbocycles. The van der Waals surface area contributed by atoms with E-state index in [-0.39, 0.29) is 11.5 Å². The summed E-state index contributed by atoms with van der Waals surface area (Å²) in [6, 6.07) is 13.9. The van der Waals surface area contributed by atoms with Crippen LogP contribution < -0.4 is 14.5 Å².